The molecule has 0 saturated heterocycles. The first-order chi connectivity index (χ1) is 11.1. The fraction of sp³-hybridized carbons (Fsp3) is 0.250. The topological polar surface area (TPSA) is 67.8 Å². The summed E-state index contributed by atoms with van der Waals surface area (Å²) in [5.41, 5.74) is 3.15. The molecular formula is C16H16N4OS2. The second-order valence-corrected chi connectivity index (χ2v) is 7.09. The predicted molar refractivity (Wildman–Crippen MR) is 93.9 cm³/mol. The number of hydrogen-bond acceptors (Lipinski definition) is 6. The number of amides is 1. The van der Waals surface area contributed by atoms with Crippen molar-refractivity contribution in [2.75, 3.05) is 5.32 Å². The van der Waals surface area contributed by atoms with E-state index in [9.17, 15) is 4.79 Å². The number of aromatic nitrogens is 3. The van der Waals surface area contributed by atoms with E-state index in [-0.39, 0.29) is 12.3 Å². The molecule has 1 aromatic carbocycles. The van der Waals surface area contributed by atoms with Gasteiger partial charge in [-0.3, -0.25) is 4.79 Å². The van der Waals surface area contributed by atoms with Gasteiger partial charge in [-0.25, -0.2) is 4.98 Å². The van der Waals surface area contributed by atoms with Crippen LogP contribution in [0.3, 0.4) is 0 Å². The lowest BCUT2D eigenvalue weighted by atomic mass is 10.1. The molecule has 0 bridgehead atoms. The average molecular weight is 344 g/mol. The van der Waals surface area contributed by atoms with Crippen molar-refractivity contribution >= 4 is 33.7 Å². The molecule has 0 fully saturated rings. The van der Waals surface area contributed by atoms with E-state index in [1.54, 1.807) is 11.3 Å². The van der Waals surface area contributed by atoms with Crippen molar-refractivity contribution in [2.24, 2.45) is 0 Å². The number of nitrogens with one attached hydrogen (secondary N) is 1. The van der Waals surface area contributed by atoms with Crippen LogP contribution in [-0.4, -0.2) is 21.1 Å². The highest BCUT2D eigenvalue weighted by Gasteiger charge is 2.11. The van der Waals surface area contributed by atoms with Gasteiger partial charge in [-0.15, -0.1) is 21.5 Å². The Morgan fingerprint density at radius 2 is 2.00 bits per heavy atom. The minimum absolute atomic E-state index is 0.126. The molecule has 0 saturated carbocycles. The van der Waals surface area contributed by atoms with Gasteiger partial charge >= 0.3 is 0 Å². The zero-order chi connectivity index (χ0) is 16.2. The third-order valence-corrected chi connectivity index (χ3v) is 4.97. The minimum atomic E-state index is -0.126. The van der Waals surface area contributed by atoms with Gasteiger partial charge in [0.1, 0.15) is 10.0 Å². The van der Waals surface area contributed by atoms with E-state index in [0.29, 0.717) is 5.13 Å². The minimum Gasteiger partial charge on any atom is -0.300 e. The van der Waals surface area contributed by atoms with Gasteiger partial charge in [0, 0.05) is 10.9 Å². The van der Waals surface area contributed by atoms with E-state index < -0.39 is 0 Å². The summed E-state index contributed by atoms with van der Waals surface area (Å²) < 4.78 is 0. The van der Waals surface area contributed by atoms with Gasteiger partial charge < -0.3 is 5.32 Å². The predicted octanol–water partition coefficient (Wildman–Crippen LogP) is 3.71. The third-order valence-electron chi connectivity index (χ3n) is 3.27. The normalized spacial score (nSPS) is 10.7. The molecule has 0 spiro atoms. The molecule has 0 atom stereocenters. The summed E-state index contributed by atoms with van der Waals surface area (Å²) in [6.07, 6.45) is 1.26. The number of anilines is 1. The molecule has 118 valence electrons. The van der Waals surface area contributed by atoms with E-state index in [2.05, 4.69) is 51.7 Å². The van der Waals surface area contributed by atoms with Crippen LogP contribution in [0, 0.1) is 6.92 Å². The molecule has 1 N–H and O–H groups in total. The molecule has 2 aromatic heterocycles. The number of carbonyl (C=O) groups excluding carboxylic acids is 1. The maximum atomic E-state index is 12.0. The number of thiazole rings is 1. The quantitative estimate of drug-likeness (QED) is 0.766. The highest BCUT2D eigenvalue weighted by molar-refractivity contribution is 7.15. The molecule has 2 heterocycles. The fourth-order valence-electron chi connectivity index (χ4n) is 2.08. The molecule has 1 amide bonds. The molecule has 0 aliphatic heterocycles. The molecule has 7 heteroatoms. The number of carbonyl (C=O) groups is 1. The average Bonchev–Trinajstić information content (AvgIpc) is 3.16. The zero-order valence-electron chi connectivity index (χ0n) is 12.9. The lowest BCUT2D eigenvalue weighted by molar-refractivity contribution is -0.115. The molecule has 5 nitrogen and oxygen atoms in total. The van der Waals surface area contributed by atoms with Crippen LogP contribution >= 0.6 is 22.7 Å². The SMILES string of the molecule is CCc1ccc(-c2nc(CC(=O)Nc3nnc(C)s3)cs2)cc1. The number of rotatable bonds is 5. The zero-order valence-corrected chi connectivity index (χ0v) is 14.5. The smallest absolute Gasteiger partial charge is 0.232 e. The Bertz CT molecular complexity index is 808. The second kappa shape index (κ2) is 6.97. The first-order valence-corrected chi connectivity index (χ1v) is 8.97. The van der Waals surface area contributed by atoms with Crippen LogP contribution in [0.25, 0.3) is 10.6 Å². The monoisotopic (exact) mass is 344 g/mol. The number of hydrogen-bond donors (Lipinski definition) is 1. The standard InChI is InChI=1S/C16H16N4OS2/c1-3-11-4-6-12(7-5-11)15-17-13(9-22-15)8-14(21)18-16-20-19-10(2)23-16/h4-7,9H,3,8H2,1-2H3,(H,18,20,21). The number of aryl methyl sites for hydroxylation is 2. The fourth-order valence-corrected chi connectivity index (χ4v) is 3.51. The van der Waals surface area contributed by atoms with Crippen molar-refractivity contribution in [1.82, 2.24) is 15.2 Å². The lowest BCUT2D eigenvalue weighted by Gasteiger charge is -1.99. The largest absolute Gasteiger partial charge is 0.300 e. The molecular weight excluding hydrogens is 328 g/mol. The van der Waals surface area contributed by atoms with Crippen LogP contribution in [0.2, 0.25) is 0 Å². The molecule has 3 rings (SSSR count). The maximum Gasteiger partial charge on any atom is 0.232 e. The van der Waals surface area contributed by atoms with Crippen molar-refractivity contribution in [3.63, 3.8) is 0 Å². The molecule has 0 aliphatic carbocycles. The second-order valence-electron chi connectivity index (χ2n) is 5.05. The van der Waals surface area contributed by atoms with Crippen LogP contribution in [-0.2, 0) is 17.6 Å². The van der Waals surface area contributed by atoms with Gasteiger partial charge in [0.05, 0.1) is 12.1 Å². The molecule has 23 heavy (non-hydrogen) atoms. The summed E-state index contributed by atoms with van der Waals surface area (Å²) in [5, 5.41) is 14.7. The van der Waals surface area contributed by atoms with Crippen molar-refractivity contribution < 1.29 is 4.79 Å². The summed E-state index contributed by atoms with van der Waals surface area (Å²) >= 11 is 2.91. The van der Waals surface area contributed by atoms with Gasteiger partial charge in [0.15, 0.2) is 0 Å². The first-order valence-electron chi connectivity index (χ1n) is 7.27. The molecule has 3 aromatic rings. The summed E-state index contributed by atoms with van der Waals surface area (Å²) in [6.45, 7) is 3.98. The summed E-state index contributed by atoms with van der Waals surface area (Å²) in [4.78, 5) is 16.6. The van der Waals surface area contributed by atoms with Crippen LogP contribution < -0.4 is 5.32 Å². The van der Waals surface area contributed by atoms with Crippen LogP contribution in [0.5, 0.6) is 0 Å². The summed E-state index contributed by atoms with van der Waals surface area (Å²) in [7, 11) is 0. The van der Waals surface area contributed by atoms with Crippen molar-refractivity contribution in [2.45, 2.75) is 26.7 Å². The summed E-state index contributed by atoms with van der Waals surface area (Å²) in [6, 6.07) is 8.37. The highest BCUT2D eigenvalue weighted by atomic mass is 32.1. The van der Waals surface area contributed by atoms with E-state index in [0.717, 1.165) is 27.7 Å². The lowest BCUT2D eigenvalue weighted by Crippen LogP contribution is -2.14. The van der Waals surface area contributed by atoms with Crippen molar-refractivity contribution in [3.05, 3.63) is 45.9 Å². The van der Waals surface area contributed by atoms with E-state index in [1.807, 2.05) is 12.3 Å². The number of benzene rings is 1. The van der Waals surface area contributed by atoms with Crippen LogP contribution in [0.1, 0.15) is 23.2 Å². The maximum absolute atomic E-state index is 12.0. The summed E-state index contributed by atoms with van der Waals surface area (Å²) in [5.74, 6) is -0.126. The Balaban J connectivity index is 1.65. The van der Waals surface area contributed by atoms with Gasteiger partial charge in [-0.1, -0.05) is 42.5 Å². The van der Waals surface area contributed by atoms with Gasteiger partial charge in [-0.2, -0.15) is 0 Å². The molecule has 0 aliphatic rings. The Morgan fingerprint density at radius 3 is 2.65 bits per heavy atom. The molecule has 0 unspecified atom stereocenters. The van der Waals surface area contributed by atoms with Crippen molar-refractivity contribution in [3.8, 4) is 10.6 Å². The van der Waals surface area contributed by atoms with E-state index in [4.69, 9.17) is 0 Å². The van der Waals surface area contributed by atoms with Crippen LogP contribution in [0.15, 0.2) is 29.6 Å². The Labute approximate surface area is 142 Å². The Kier molecular flexibility index (Phi) is 4.78. The Morgan fingerprint density at radius 1 is 1.22 bits per heavy atom. The van der Waals surface area contributed by atoms with Gasteiger partial charge in [0.25, 0.3) is 0 Å². The van der Waals surface area contributed by atoms with E-state index in [1.165, 1.54) is 16.9 Å². The number of nitrogens with zero attached hydrogens (tertiary/aromatic N) is 3. The van der Waals surface area contributed by atoms with Crippen molar-refractivity contribution in [1.29, 1.82) is 0 Å². The van der Waals surface area contributed by atoms with Gasteiger partial charge in [-0.05, 0) is 18.9 Å². The first kappa shape index (κ1) is 15.8. The Hall–Kier alpha value is -2.12. The van der Waals surface area contributed by atoms with E-state index >= 15 is 0 Å². The molecule has 0 radical (unpaired) electrons. The van der Waals surface area contributed by atoms with Gasteiger partial charge in [0.2, 0.25) is 11.0 Å². The van der Waals surface area contributed by atoms with Crippen LogP contribution in [0.4, 0.5) is 5.13 Å². The third kappa shape index (κ3) is 4.00. The highest BCUT2D eigenvalue weighted by Crippen LogP contribution is 2.24.